The molecule has 0 spiro atoms. The topological polar surface area (TPSA) is 258 Å². The van der Waals surface area contributed by atoms with Crippen molar-refractivity contribution in [2.75, 3.05) is 0 Å². The minimum absolute atomic E-state index is 0.506. The molecule has 0 aromatic carbocycles. The fourth-order valence-electron chi connectivity index (χ4n) is 1.91. The summed E-state index contributed by atoms with van der Waals surface area (Å²) in [6, 6.07) is 0. The van der Waals surface area contributed by atoms with E-state index in [9.17, 15) is 39.6 Å². The van der Waals surface area contributed by atoms with Crippen LogP contribution >= 0.6 is 0 Å². The van der Waals surface area contributed by atoms with Crippen molar-refractivity contribution in [2.45, 2.75) is 0 Å². The Balaban J connectivity index is 3.67. The highest BCUT2D eigenvalue weighted by molar-refractivity contribution is 7.85. The molecule has 20 heteroatoms. The number of fused-ring (bicyclic) bond motifs is 1. The SMILES string of the molecule is N#Cn1c(=O)n(S(=O)(=O)O)c2c1c(=O)n(S(=O)(=O)O)c(=O)n2S(=O)(=O)O. The van der Waals surface area contributed by atoms with Crippen molar-refractivity contribution in [3.8, 4) is 6.19 Å². The molecule has 0 aliphatic rings. The third kappa shape index (κ3) is 2.64. The van der Waals surface area contributed by atoms with E-state index in [1.54, 1.807) is 0 Å². The second-order valence-corrected chi connectivity index (χ2v) is 7.99. The monoisotopic (exact) mass is 433 g/mol. The van der Waals surface area contributed by atoms with Gasteiger partial charge < -0.3 is 0 Å². The summed E-state index contributed by atoms with van der Waals surface area (Å²) < 4.78 is 91.0. The predicted molar refractivity (Wildman–Crippen MR) is 76.6 cm³/mol. The van der Waals surface area contributed by atoms with Crippen LogP contribution in [-0.2, 0) is 30.9 Å². The van der Waals surface area contributed by atoms with Crippen molar-refractivity contribution in [2.24, 2.45) is 0 Å². The van der Waals surface area contributed by atoms with Gasteiger partial charge in [0.05, 0.1) is 0 Å². The third-order valence-corrected chi connectivity index (χ3v) is 5.08. The van der Waals surface area contributed by atoms with Crippen LogP contribution < -0.4 is 16.9 Å². The van der Waals surface area contributed by atoms with Crippen LogP contribution in [0.3, 0.4) is 0 Å². The number of hydrogen-bond donors (Lipinski definition) is 3. The first-order chi connectivity index (χ1) is 11.5. The van der Waals surface area contributed by atoms with Gasteiger partial charge in [-0.2, -0.15) is 35.1 Å². The predicted octanol–water partition coefficient (Wildman–Crippen LogP) is -4.59. The lowest BCUT2D eigenvalue weighted by atomic mass is 10.5. The van der Waals surface area contributed by atoms with Crippen molar-refractivity contribution in [3.63, 3.8) is 0 Å². The van der Waals surface area contributed by atoms with Crippen molar-refractivity contribution in [1.29, 1.82) is 5.26 Å². The molecule has 0 saturated heterocycles. The van der Waals surface area contributed by atoms with Crippen LogP contribution in [0.4, 0.5) is 0 Å². The Morgan fingerprint density at radius 2 is 1.12 bits per heavy atom. The van der Waals surface area contributed by atoms with E-state index in [1.165, 1.54) is 0 Å². The van der Waals surface area contributed by atoms with Crippen LogP contribution in [0, 0.1) is 11.5 Å². The van der Waals surface area contributed by atoms with E-state index in [-0.39, 0.29) is 0 Å². The van der Waals surface area contributed by atoms with E-state index < -0.39 is 75.5 Å². The normalized spacial score (nSPS) is 13.0. The zero-order chi connectivity index (χ0) is 20.4. The number of nitrogens with zero attached hydrogens (tertiary/aromatic N) is 5. The summed E-state index contributed by atoms with van der Waals surface area (Å²) in [6.45, 7) is 0. The van der Waals surface area contributed by atoms with Crippen molar-refractivity contribution >= 4 is 42.1 Å². The van der Waals surface area contributed by atoms with E-state index >= 15 is 0 Å². The van der Waals surface area contributed by atoms with Gasteiger partial charge >= 0.3 is 42.3 Å². The zero-order valence-electron chi connectivity index (χ0n) is 11.5. The zero-order valence-corrected chi connectivity index (χ0v) is 13.9. The van der Waals surface area contributed by atoms with Gasteiger partial charge in [0, 0.05) is 0 Å². The van der Waals surface area contributed by atoms with Crippen LogP contribution in [0.1, 0.15) is 0 Å². The van der Waals surface area contributed by atoms with E-state index in [0.717, 1.165) is 6.19 Å². The largest absolute Gasteiger partial charge is 0.370 e. The van der Waals surface area contributed by atoms with Crippen LogP contribution in [0.25, 0.3) is 11.2 Å². The van der Waals surface area contributed by atoms with Gasteiger partial charge in [0.15, 0.2) is 17.4 Å². The minimum atomic E-state index is -5.94. The molecule has 0 amide bonds. The van der Waals surface area contributed by atoms with Gasteiger partial charge in [0.1, 0.15) is 0 Å². The molecule has 0 bridgehead atoms. The van der Waals surface area contributed by atoms with E-state index in [2.05, 4.69) is 0 Å². The maximum atomic E-state index is 12.1. The van der Waals surface area contributed by atoms with E-state index in [4.69, 9.17) is 18.9 Å². The smallest absolute Gasteiger partial charge is 0.269 e. The number of hydrogen-bond acceptors (Lipinski definition) is 10. The van der Waals surface area contributed by atoms with Crippen LogP contribution in [0.2, 0.25) is 0 Å². The lowest BCUT2D eigenvalue weighted by Gasteiger charge is -2.08. The molecule has 0 saturated carbocycles. The molecular weight excluding hydrogens is 430 g/mol. The van der Waals surface area contributed by atoms with Crippen LogP contribution in [0.15, 0.2) is 14.4 Å². The molecule has 0 unspecified atom stereocenters. The number of aromatic nitrogens is 4. The summed E-state index contributed by atoms with van der Waals surface area (Å²) in [5.74, 6) is 0. The van der Waals surface area contributed by atoms with Gasteiger partial charge in [-0.25, -0.2) is 9.59 Å². The van der Waals surface area contributed by atoms with E-state index in [1.807, 2.05) is 0 Å². The quantitative estimate of drug-likeness (QED) is 0.385. The molecule has 2 heterocycles. The fourth-order valence-corrected chi connectivity index (χ4v) is 3.92. The summed E-state index contributed by atoms with van der Waals surface area (Å²) in [5.41, 5.74) is -10.5. The second-order valence-electron chi connectivity index (χ2n) is 4.20. The molecule has 0 atom stereocenters. The maximum absolute atomic E-state index is 12.1. The Labute approximate surface area is 140 Å². The highest BCUT2D eigenvalue weighted by Gasteiger charge is 2.35. The first kappa shape index (κ1) is 19.5. The van der Waals surface area contributed by atoms with Crippen molar-refractivity contribution in [3.05, 3.63) is 31.3 Å². The molecule has 2 aromatic heterocycles. The fraction of sp³-hybridized carbons (Fsp3) is 0. The van der Waals surface area contributed by atoms with E-state index in [0.29, 0.717) is 0 Å². The van der Waals surface area contributed by atoms with Crippen molar-refractivity contribution < 1.29 is 38.9 Å². The standard InChI is InChI=1S/C6H3N5O12S3/c7-1-8-2-3(9(5(8)13)24(15,16)17)10(25(18,19)20)6(14)11(4(2)12)26(21,22)23/h(H,15,16,17)(H,18,19,20)(H,21,22,23). The Hall–Kier alpha value is -2.83. The average molecular weight is 433 g/mol. The molecule has 17 nitrogen and oxygen atoms in total. The third-order valence-electron chi connectivity index (χ3n) is 2.71. The molecule has 0 aliphatic carbocycles. The molecule has 26 heavy (non-hydrogen) atoms. The van der Waals surface area contributed by atoms with Gasteiger partial charge in [-0.05, 0) is 0 Å². The number of imidazole rings is 1. The summed E-state index contributed by atoms with van der Waals surface area (Å²) in [7, 11) is -17.6. The lowest BCUT2D eigenvalue weighted by molar-refractivity contribution is 0.461. The summed E-state index contributed by atoms with van der Waals surface area (Å²) >= 11 is 0. The highest BCUT2D eigenvalue weighted by Crippen LogP contribution is 2.11. The Kier molecular flexibility index (Phi) is 4.00. The van der Waals surface area contributed by atoms with Gasteiger partial charge in [-0.1, -0.05) is 0 Å². The summed E-state index contributed by atoms with van der Waals surface area (Å²) in [6.07, 6.45) is 0.875. The first-order valence-electron chi connectivity index (χ1n) is 5.44. The molecule has 2 rings (SSSR count). The highest BCUT2D eigenvalue weighted by atomic mass is 32.2. The van der Waals surface area contributed by atoms with Gasteiger partial charge in [-0.15, -0.1) is 11.9 Å². The molecule has 0 fully saturated rings. The minimum Gasteiger partial charge on any atom is -0.269 e. The molecule has 0 aliphatic heterocycles. The Bertz CT molecular complexity index is 1500. The van der Waals surface area contributed by atoms with Gasteiger partial charge in [0.2, 0.25) is 0 Å². The number of rotatable bonds is 3. The maximum Gasteiger partial charge on any atom is 0.370 e. The second kappa shape index (κ2) is 5.33. The molecule has 2 aromatic rings. The van der Waals surface area contributed by atoms with Crippen LogP contribution in [-0.4, -0.2) is 55.4 Å². The van der Waals surface area contributed by atoms with Crippen LogP contribution in [0.5, 0.6) is 0 Å². The average Bonchev–Trinajstić information content (AvgIpc) is 2.67. The Morgan fingerprint density at radius 3 is 1.46 bits per heavy atom. The lowest BCUT2D eigenvalue weighted by Crippen LogP contribution is -2.46. The number of nitriles is 1. The van der Waals surface area contributed by atoms with Crippen molar-refractivity contribution in [1.82, 2.24) is 16.5 Å². The first-order valence-corrected chi connectivity index (χ1v) is 9.63. The van der Waals surface area contributed by atoms with Gasteiger partial charge in [-0.3, -0.25) is 18.5 Å². The molecule has 0 radical (unpaired) electrons. The molecule has 3 N–H and O–H groups in total. The summed E-state index contributed by atoms with van der Waals surface area (Å²) in [4.78, 5) is 35.9. The Morgan fingerprint density at radius 1 is 0.731 bits per heavy atom. The molecular formula is C6H3N5O12S3. The summed E-state index contributed by atoms with van der Waals surface area (Å²) in [5, 5.41) is 8.84. The molecule has 142 valence electrons. The van der Waals surface area contributed by atoms with Gasteiger partial charge in [0.25, 0.3) is 5.56 Å².